The minimum absolute atomic E-state index is 0.0309. The fourth-order valence-electron chi connectivity index (χ4n) is 4.81. The number of hydrogen-bond acceptors (Lipinski definition) is 8. The summed E-state index contributed by atoms with van der Waals surface area (Å²) in [5.41, 5.74) is 5.51. The molecule has 1 aliphatic heterocycles. The summed E-state index contributed by atoms with van der Waals surface area (Å²) in [7, 11) is 1.44. The second-order valence-electron chi connectivity index (χ2n) is 11.2. The summed E-state index contributed by atoms with van der Waals surface area (Å²) in [6, 6.07) is 1.38. The van der Waals surface area contributed by atoms with E-state index in [0.29, 0.717) is 19.4 Å². The Morgan fingerprint density at radius 2 is 1.84 bits per heavy atom. The van der Waals surface area contributed by atoms with Crippen LogP contribution in [0.5, 0.6) is 0 Å². The predicted octanol–water partition coefficient (Wildman–Crippen LogP) is -0.0735. The number of amides is 5. The zero-order chi connectivity index (χ0) is 31.9. The summed E-state index contributed by atoms with van der Waals surface area (Å²) in [6.45, 7) is 4.95. The maximum atomic E-state index is 13.8. The number of nitrogens with two attached hydrogens (primary N) is 1. The largest absolute Gasteiger partial charge is 0.481 e. The van der Waals surface area contributed by atoms with Gasteiger partial charge in [0.05, 0.1) is 6.04 Å². The van der Waals surface area contributed by atoms with Gasteiger partial charge in [0.2, 0.25) is 23.6 Å². The first-order valence-electron chi connectivity index (χ1n) is 14.7. The van der Waals surface area contributed by atoms with Crippen molar-refractivity contribution >= 4 is 35.5 Å². The smallest absolute Gasteiger partial charge is 0.303 e. The molecule has 238 valence electrons. The van der Waals surface area contributed by atoms with Crippen molar-refractivity contribution in [1.82, 2.24) is 31.2 Å². The highest BCUT2D eigenvalue weighted by Crippen LogP contribution is 2.15. The topological polar surface area (TPSA) is 213 Å². The summed E-state index contributed by atoms with van der Waals surface area (Å²) in [5.74, 6) is -3.86. The molecule has 43 heavy (non-hydrogen) atoms. The summed E-state index contributed by atoms with van der Waals surface area (Å²) < 4.78 is 0. The van der Waals surface area contributed by atoms with E-state index in [4.69, 9.17) is 10.8 Å². The molecule has 5 amide bonds. The minimum Gasteiger partial charge on any atom is -0.481 e. The molecule has 14 heteroatoms. The molecule has 0 aliphatic carbocycles. The van der Waals surface area contributed by atoms with Gasteiger partial charge in [-0.15, -0.1) is 0 Å². The number of carboxylic acid groups (broad SMARTS) is 1. The third-order valence-electron chi connectivity index (χ3n) is 7.22. The van der Waals surface area contributed by atoms with Gasteiger partial charge in [-0.3, -0.25) is 33.8 Å². The lowest BCUT2D eigenvalue weighted by molar-refractivity contribution is -0.142. The van der Waals surface area contributed by atoms with Crippen molar-refractivity contribution in [2.45, 2.75) is 89.4 Å². The molecule has 1 saturated heterocycles. The fourth-order valence-corrected chi connectivity index (χ4v) is 4.81. The first-order valence-corrected chi connectivity index (χ1v) is 14.7. The van der Waals surface area contributed by atoms with Gasteiger partial charge in [0, 0.05) is 26.2 Å². The van der Waals surface area contributed by atoms with Gasteiger partial charge < -0.3 is 37.0 Å². The third-order valence-corrected chi connectivity index (χ3v) is 7.22. The Morgan fingerprint density at radius 1 is 1.09 bits per heavy atom. The first-order chi connectivity index (χ1) is 20.4. The van der Waals surface area contributed by atoms with Crippen LogP contribution in [-0.4, -0.2) is 94.8 Å². The molecule has 1 aromatic heterocycles. The van der Waals surface area contributed by atoms with Gasteiger partial charge in [-0.2, -0.15) is 0 Å². The molecule has 1 fully saturated rings. The average Bonchev–Trinajstić information content (AvgIpc) is 3.51. The molecule has 0 aromatic carbocycles. The summed E-state index contributed by atoms with van der Waals surface area (Å²) >= 11 is 0. The molecule has 0 spiro atoms. The molecule has 14 nitrogen and oxygen atoms in total. The lowest BCUT2D eigenvalue weighted by Gasteiger charge is -2.32. The summed E-state index contributed by atoms with van der Waals surface area (Å²) in [6.07, 6.45) is 4.15. The van der Waals surface area contributed by atoms with Crippen LogP contribution in [0.25, 0.3) is 0 Å². The SMILES string of the molecule is CC(C)C[C@@H](C(=O)N[C@@H](CCC(=O)O)C(N)=O)N(C)C(=O)[C@H](CCCCNC(=O)[C@H]1CCCN1)NC(=O)c1ccccn1. The molecular weight excluding hydrogens is 558 g/mol. The number of carbonyl (C=O) groups is 6. The quantitative estimate of drug-likeness (QED) is 0.124. The van der Waals surface area contributed by atoms with E-state index in [9.17, 15) is 28.8 Å². The van der Waals surface area contributed by atoms with E-state index in [1.165, 1.54) is 24.2 Å². The van der Waals surface area contributed by atoms with Crippen molar-refractivity contribution in [3.63, 3.8) is 0 Å². The molecular formula is C29H45N7O7. The molecule has 1 aliphatic rings. The highest BCUT2D eigenvalue weighted by molar-refractivity contribution is 5.97. The Balaban J connectivity index is 2.14. The lowest BCUT2D eigenvalue weighted by atomic mass is 9.99. The Kier molecular flexibility index (Phi) is 14.5. The summed E-state index contributed by atoms with van der Waals surface area (Å²) in [5, 5.41) is 20.3. The number of nitrogens with zero attached hydrogens (tertiary/aromatic N) is 2. The number of aromatic nitrogens is 1. The second-order valence-corrected chi connectivity index (χ2v) is 11.2. The van der Waals surface area contributed by atoms with E-state index >= 15 is 0 Å². The molecule has 0 radical (unpaired) electrons. The first kappa shape index (κ1) is 35.1. The van der Waals surface area contributed by atoms with Crippen molar-refractivity contribution in [3.05, 3.63) is 30.1 Å². The van der Waals surface area contributed by atoms with Crippen molar-refractivity contribution in [1.29, 1.82) is 0 Å². The van der Waals surface area contributed by atoms with Crippen LogP contribution >= 0.6 is 0 Å². The molecule has 0 bridgehead atoms. The Bertz CT molecular complexity index is 1110. The van der Waals surface area contributed by atoms with E-state index in [-0.39, 0.29) is 49.2 Å². The number of pyridine rings is 1. The standard InChI is InChI=1S/C29H45N7O7/c1-18(2)17-23(28(42)34-19(25(30)39)12-13-24(37)38)36(3)29(43)22(35-27(41)21-9-4-6-14-31-21)10-5-7-15-33-26(40)20-11-8-16-32-20/h4,6,9,14,18-20,22-23,32H,5,7-8,10-13,15-17H2,1-3H3,(H2,30,39)(H,33,40)(H,34,42)(H,35,41)(H,37,38)/t19-,20+,22-,23-/m0/s1. The second kappa shape index (κ2) is 17.8. The number of carbonyl (C=O) groups excluding carboxylic acids is 5. The zero-order valence-corrected chi connectivity index (χ0v) is 25.1. The maximum Gasteiger partial charge on any atom is 0.303 e. The molecule has 0 saturated carbocycles. The molecule has 2 heterocycles. The van der Waals surface area contributed by atoms with Gasteiger partial charge in [0.25, 0.3) is 5.91 Å². The number of carboxylic acids is 1. The van der Waals surface area contributed by atoms with E-state index in [1.54, 1.807) is 12.1 Å². The van der Waals surface area contributed by atoms with Gasteiger partial charge in [-0.1, -0.05) is 19.9 Å². The van der Waals surface area contributed by atoms with Crippen LogP contribution in [-0.2, 0) is 24.0 Å². The van der Waals surface area contributed by atoms with Crippen molar-refractivity contribution in [2.75, 3.05) is 20.1 Å². The van der Waals surface area contributed by atoms with Crippen LogP contribution in [0, 0.1) is 5.92 Å². The number of hydrogen-bond donors (Lipinski definition) is 6. The number of unbranched alkanes of at least 4 members (excludes halogenated alkanes) is 1. The van der Waals surface area contributed by atoms with Crippen molar-refractivity contribution in [2.24, 2.45) is 11.7 Å². The average molecular weight is 604 g/mol. The van der Waals surface area contributed by atoms with Crippen LogP contribution in [0.4, 0.5) is 0 Å². The van der Waals surface area contributed by atoms with Crippen LogP contribution in [0.2, 0.25) is 0 Å². The number of rotatable bonds is 18. The number of primary amides is 1. The molecule has 1 aromatic rings. The van der Waals surface area contributed by atoms with Gasteiger partial charge in [-0.25, -0.2) is 0 Å². The lowest BCUT2D eigenvalue weighted by Crippen LogP contribution is -2.57. The minimum atomic E-state index is -1.23. The van der Waals surface area contributed by atoms with Crippen molar-refractivity contribution < 1.29 is 33.9 Å². The Hall–Kier alpha value is -4.07. The summed E-state index contributed by atoms with van der Waals surface area (Å²) in [4.78, 5) is 80.5. The number of likely N-dealkylation sites (N-methyl/N-ethyl adjacent to an activating group) is 1. The van der Waals surface area contributed by atoms with E-state index in [2.05, 4.69) is 26.3 Å². The number of aliphatic carboxylic acids is 1. The fraction of sp³-hybridized carbons (Fsp3) is 0.621. The monoisotopic (exact) mass is 603 g/mol. The van der Waals surface area contributed by atoms with E-state index < -0.39 is 47.7 Å². The zero-order valence-electron chi connectivity index (χ0n) is 25.1. The Labute approximate surface area is 251 Å². The van der Waals surface area contributed by atoms with Crippen LogP contribution in [0.3, 0.4) is 0 Å². The normalized spacial score (nSPS) is 16.5. The predicted molar refractivity (Wildman–Crippen MR) is 157 cm³/mol. The molecule has 7 N–H and O–H groups in total. The maximum absolute atomic E-state index is 13.8. The van der Waals surface area contributed by atoms with Crippen molar-refractivity contribution in [3.8, 4) is 0 Å². The van der Waals surface area contributed by atoms with Gasteiger partial charge in [0.15, 0.2) is 0 Å². The number of nitrogens with one attached hydrogen (secondary N) is 4. The third kappa shape index (κ3) is 12.0. The van der Waals surface area contributed by atoms with Gasteiger partial charge in [-0.05, 0) is 69.5 Å². The highest BCUT2D eigenvalue weighted by atomic mass is 16.4. The van der Waals surface area contributed by atoms with Crippen LogP contribution < -0.4 is 27.0 Å². The molecule has 0 unspecified atom stereocenters. The van der Waals surface area contributed by atoms with Gasteiger partial charge >= 0.3 is 5.97 Å². The highest BCUT2D eigenvalue weighted by Gasteiger charge is 2.34. The Morgan fingerprint density at radius 3 is 2.42 bits per heavy atom. The molecule has 4 atom stereocenters. The van der Waals surface area contributed by atoms with Crippen LogP contribution in [0.1, 0.15) is 75.7 Å². The molecule has 2 rings (SSSR count). The van der Waals surface area contributed by atoms with E-state index in [1.807, 2.05) is 13.8 Å². The van der Waals surface area contributed by atoms with E-state index in [0.717, 1.165) is 19.4 Å². The van der Waals surface area contributed by atoms with Crippen LogP contribution in [0.15, 0.2) is 24.4 Å². The van der Waals surface area contributed by atoms with Gasteiger partial charge in [0.1, 0.15) is 23.8 Å².